The molecule has 0 saturated heterocycles. The van der Waals surface area contributed by atoms with E-state index in [0.29, 0.717) is 18.2 Å². The maximum absolute atomic E-state index is 12.0. The van der Waals surface area contributed by atoms with E-state index in [9.17, 15) is 4.79 Å². The highest BCUT2D eigenvalue weighted by Crippen LogP contribution is 2.16. The summed E-state index contributed by atoms with van der Waals surface area (Å²) < 4.78 is 5.18. The molecule has 1 atom stereocenters. The molecule has 1 heterocycles. The average Bonchev–Trinajstić information content (AvgIpc) is 2.56. The molecule has 0 bridgehead atoms. The first-order valence-corrected chi connectivity index (χ1v) is 7.74. The summed E-state index contributed by atoms with van der Waals surface area (Å²) in [6, 6.07) is 10.7. The predicted octanol–water partition coefficient (Wildman–Crippen LogP) is 2.96. The molecule has 2 amide bonds. The van der Waals surface area contributed by atoms with Crippen LogP contribution >= 0.6 is 11.6 Å². The van der Waals surface area contributed by atoms with Crippen LogP contribution in [0.4, 0.5) is 4.79 Å². The van der Waals surface area contributed by atoms with Crippen LogP contribution in [0.15, 0.2) is 48.8 Å². The van der Waals surface area contributed by atoms with Crippen LogP contribution in [0.25, 0.3) is 0 Å². The Morgan fingerprint density at radius 1 is 1.30 bits per heavy atom. The first kappa shape index (κ1) is 17.2. The van der Waals surface area contributed by atoms with Crippen LogP contribution in [0.5, 0.6) is 0 Å². The fourth-order valence-corrected chi connectivity index (χ4v) is 2.28. The minimum Gasteiger partial charge on any atom is -0.382 e. The summed E-state index contributed by atoms with van der Waals surface area (Å²) in [4.78, 5) is 16.1. The third-order valence-corrected chi connectivity index (χ3v) is 3.59. The largest absolute Gasteiger partial charge is 0.382 e. The van der Waals surface area contributed by atoms with E-state index < -0.39 is 0 Å². The number of hydrogen-bond acceptors (Lipinski definition) is 3. The predicted molar refractivity (Wildman–Crippen MR) is 90.5 cm³/mol. The van der Waals surface area contributed by atoms with Gasteiger partial charge in [-0.25, -0.2) is 4.79 Å². The van der Waals surface area contributed by atoms with E-state index >= 15 is 0 Å². The van der Waals surface area contributed by atoms with Gasteiger partial charge in [-0.05, 0) is 35.7 Å². The zero-order valence-corrected chi connectivity index (χ0v) is 13.7. The molecule has 23 heavy (non-hydrogen) atoms. The lowest BCUT2D eigenvalue weighted by molar-refractivity contribution is 0.166. The van der Waals surface area contributed by atoms with Crippen LogP contribution in [0, 0.1) is 0 Å². The average molecular weight is 334 g/mol. The fourth-order valence-electron chi connectivity index (χ4n) is 2.16. The fraction of sp³-hybridized carbons (Fsp3) is 0.294. The third kappa shape index (κ3) is 5.88. The van der Waals surface area contributed by atoms with Crippen molar-refractivity contribution in [3.05, 3.63) is 64.9 Å². The van der Waals surface area contributed by atoms with Crippen LogP contribution < -0.4 is 10.6 Å². The number of rotatable bonds is 7. The van der Waals surface area contributed by atoms with Gasteiger partial charge in [0.25, 0.3) is 0 Å². The molecule has 1 unspecified atom stereocenters. The van der Waals surface area contributed by atoms with Crippen LogP contribution in [0.2, 0.25) is 5.02 Å². The SMILES string of the molecule is COCC(NC(=O)NCCc1cccnc1)c1ccc(Cl)cc1. The van der Waals surface area contributed by atoms with Gasteiger partial charge in [-0.2, -0.15) is 0 Å². The van der Waals surface area contributed by atoms with E-state index in [1.165, 1.54) is 0 Å². The Bertz CT molecular complexity index is 605. The number of halogens is 1. The lowest BCUT2D eigenvalue weighted by Crippen LogP contribution is -2.40. The zero-order valence-electron chi connectivity index (χ0n) is 13.0. The Morgan fingerprint density at radius 2 is 2.09 bits per heavy atom. The molecule has 6 heteroatoms. The molecule has 5 nitrogen and oxygen atoms in total. The van der Waals surface area contributed by atoms with Crippen molar-refractivity contribution in [2.45, 2.75) is 12.5 Å². The van der Waals surface area contributed by atoms with Crippen molar-refractivity contribution in [2.24, 2.45) is 0 Å². The van der Waals surface area contributed by atoms with Crippen LogP contribution in [0.1, 0.15) is 17.2 Å². The Morgan fingerprint density at radius 3 is 2.74 bits per heavy atom. The van der Waals surface area contributed by atoms with E-state index in [1.54, 1.807) is 31.6 Å². The van der Waals surface area contributed by atoms with Crippen LogP contribution in [-0.2, 0) is 11.2 Å². The molecular formula is C17H20ClN3O2. The van der Waals surface area contributed by atoms with Crippen molar-refractivity contribution in [3.8, 4) is 0 Å². The molecule has 2 rings (SSSR count). The molecule has 122 valence electrons. The number of methoxy groups -OCH3 is 1. The molecule has 2 aromatic rings. The number of nitrogens with one attached hydrogen (secondary N) is 2. The van der Waals surface area contributed by atoms with E-state index in [2.05, 4.69) is 15.6 Å². The van der Waals surface area contributed by atoms with Gasteiger partial charge in [0.05, 0.1) is 12.6 Å². The maximum Gasteiger partial charge on any atom is 0.315 e. The number of urea groups is 1. The molecule has 0 fully saturated rings. The summed E-state index contributed by atoms with van der Waals surface area (Å²) in [6.07, 6.45) is 4.25. The summed E-state index contributed by atoms with van der Waals surface area (Å²) in [6.45, 7) is 0.926. The quantitative estimate of drug-likeness (QED) is 0.818. The summed E-state index contributed by atoms with van der Waals surface area (Å²) in [5.74, 6) is 0. The highest BCUT2D eigenvalue weighted by Gasteiger charge is 2.14. The van der Waals surface area contributed by atoms with E-state index in [0.717, 1.165) is 17.5 Å². The Labute approximate surface area is 141 Å². The third-order valence-electron chi connectivity index (χ3n) is 3.33. The highest BCUT2D eigenvalue weighted by molar-refractivity contribution is 6.30. The molecule has 1 aromatic carbocycles. The van der Waals surface area contributed by atoms with Crippen LogP contribution in [-0.4, -0.2) is 31.3 Å². The molecular weight excluding hydrogens is 314 g/mol. The van der Waals surface area contributed by atoms with Crippen molar-refractivity contribution in [2.75, 3.05) is 20.3 Å². The topological polar surface area (TPSA) is 63.2 Å². The van der Waals surface area contributed by atoms with Gasteiger partial charge in [0.15, 0.2) is 0 Å². The van der Waals surface area contributed by atoms with Crippen molar-refractivity contribution < 1.29 is 9.53 Å². The molecule has 1 aromatic heterocycles. The monoisotopic (exact) mass is 333 g/mol. The zero-order chi connectivity index (χ0) is 16.5. The molecule has 0 aliphatic rings. The van der Waals surface area contributed by atoms with Crippen LogP contribution in [0.3, 0.4) is 0 Å². The first-order valence-electron chi connectivity index (χ1n) is 7.36. The Hall–Kier alpha value is -2.11. The van der Waals surface area contributed by atoms with E-state index in [4.69, 9.17) is 16.3 Å². The van der Waals surface area contributed by atoms with Gasteiger partial charge in [-0.15, -0.1) is 0 Å². The van der Waals surface area contributed by atoms with E-state index in [1.807, 2.05) is 24.3 Å². The molecule has 0 aliphatic heterocycles. The Balaban J connectivity index is 1.84. The number of nitrogens with zero attached hydrogens (tertiary/aromatic N) is 1. The summed E-state index contributed by atoms with van der Waals surface area (Å²) in [5, 5.41) is 6.41. The lowest BCUT2D eigenvalue weighted by Gasteiger charge is -2.19. The van der Waals surface area contributed by atoms with Gasteiger partial charge in [-0.1, -0.05) is 29.8 Å². The number of amides is 2. The van der Waals surface area contributed by atoms with Gasteiger partial charge in [0, 0.05) is 31.1 Å². The number of hydrogen-bond donors (Lipinski definition) is 2. The van der Waals surface area contributed by atoms with Gasteiger partial charge in [-0.3, -0.25) is 4.98 Å². The van der Waals surface area contributed by atoms with Gasteiger partial charge in [0.2, 0.25) is 0 Å². The van der Waals surface area contributed by atoms with Crippen molar-refractivity contribution in [1.82, 2.24) is 15.6 Å². The first-order chi connectivity index (χ1) is 11.2. The van der Waals surface area contributed by atoms with Crippen molar-refractivity contribution in [1.29, 1.82) is 0 Å². The highest BCUT2D eigenvalue weighted by atomic mass is 35.5. The second-order valence-electron chi connectivity index (χ2n) is 5.07. The smallest absolute Gasteiger partial charge is 0.315 e. The second kappa shape index (κ2) is 9.12. The number of carbonyl (C=O) groups excluding carboxylic acids is 1. The van der Waals surface area contributed by atoms with Gasteiger partial charge in [0.1, 0.15) is 0 Å². The summed E-state index contributed by atoms with van der Waals surface area (Å²) in [7, 11) is 1.60. The maximum atomic E-state index is 12.0. The minimum absolute atomic E-state index is 0.226. The summed E-state index contributed by atoms with van der Waals surface area (Å²) >= 11 is 5.89. The lowest BCUT2D eigenvalue weighted by atomic mass is 10.1. The number of aromatic nitrogens is 1. The number of pyridine rings is 1. The Kier molecular flexibility index (Phi) is 6.84. The molecule has 2 N–H and O–H groups in total. The molecule has 0 radical (unpaired) electrons. The van der Waals surface area contributed by atoms with Gasteiger partial charge >= 0.3 is 6.03 Å². The number of carbonyl (C=O) groups is 1. The normalized spacial score (nSPS) is 11.7. The minimum atomic E-state index is -0.231. The molecule has 0 saturated carbocycles. The second-order valence-corrected chi connectivity index (χ2v) is 5.51. The molecule has 0 aliphatic carbocycles. The standard InChI is InChI=1S/C17H20ClN3O2/c1-23-12-16(14-4-6-15(18)7-5-14)21-17(22)20-10-8-13-3-2-9-19-11-13/h2-7,9,11,16H,8,10,12H2,1H3,(H2,20,21,22). The number of benzene rings is 1. The van der Waals surface area contributed by atoms with Gasteiger partial charge < -0.3 is 15.4 Å². The van der Waals surface area contributed by atoms with Crippen molar-refractivity contribution in [3.63, 3.8) is 0 Å². The number of ether oxygens (including phenoxy) is 1. The summed E-state index contributed by atoms with van der Waals surface area (Å²) in [5.41, 5.74) is 2.03. The van der Waals surface area contributed by atoms with E-state index in [-0.39, 0.29) is 12.1 Å². The molecule has 0 spiro atoms. The van der Waals surface area contributed by atoms with Crippen molar-refractivity contribution >= 4 is 17.6 Å².